The molecule has 0 aromatic rings. The van der Waals surface area contributed by atoms with E-state index in [1.165, 1.54) is 0 Å². The average molecular weight is 140 g/mol. The standard InChI is InChI=1S/C9H13F/c1-4-5-6-7-9(10)8(2)3/h4-6H,1,7H2,2-3H3/b6-5-. The molecule has 0 N–H and O–H groups in total. The van der Waals surface area contributed by atoms with Gasteiger partial charge < -0.3 is 0 Å². The van der Waals surface area contributed by atoms with E-state index in [1.54, 1.807) is 32.1 Å². The molecule has 0 atom stereocenters. The largest absolute Gasteiger partial charge is 0.212 e. The lowest BCUT2D eigenvalue weighted by Gasteiger charge is -1.92. The molecule has 0 aromatic carbocycles. The van der Waals surface area contributed by atoms with Crippen molar-refractivity contribution >= 4 is 0 Å². The molecule has 0 radical (unpaired) electrons. The minimum Gasteiger partial charge on any atom is -0.212 e. The van der Waals surface area contributed by atoms with Crippen molar-refractivity contribution in [3.05, 3.63) is 36.2 Å². The fourth-order valence-electron chi connectivity index (χ4n) is 0.472. The lowest BCUT2D eigenvalue weighted by Crippen LogP contribution is -1.74. The topological polar surface area (TPSA) is 0 Å². The predicted octanol–water partition coefficient (Wildman–Crippen LogP) is 3.38. The summed E-state index contributed by atoms with van der Waals surface area (Å²) in [5.41, 5.74) is 0.744. The summed E-state index contributed by atoms with van der Waals surface area (Å²) in [6.07, 6.45) is 5.50. The fraction of sp³-hybridized carbons (Fsp3) is 0.333. The first-order chi connectivity index (χ1) is 4.68. The van der Waals surface area contributed by atoms with Crippen molar-refractivity contribution in [2.45, 2.75) is 20.3 Å². The molecule has 0 aromatic heterocycles. The van der Waals surface area contributed by atoms with E-state index >= 15 is 0 Å². The van der Waals surface area contributed by atoms with Gasteiger partial charge in [-0.2, -0.15) is 0 Å². The van der Waals surface area contributed by atoms with E-state index < -0.39 is 0 Å². The Bertz CT molecular complexity index is 160. The van der Waals surface area contributed by atoms with Crippen LogP contribution in [-0.2, 0) is 0 Å². The van der Waals surface area contributed by atoms with Crippen LogP contribution >= 0.6 is 0 Å². The molecular formula is C9H13F. The van der Waals surface area contributed by atoms with Crippen LogP contribution in [0.15, 0.2) is 36.2 Å². The highest BCUT2D eigenvalue weighted by Gasteiger charge is 1.91. The lowest BCUT2D eigenvalue weighted by molar-refractivity contribution is 0.605. The number of hydrogen-bond acceptors (Lipinski definition) is 0. The number of halogens is 1. The molecule has 0 heterocycles. The van der Waals surface area contributed by atoms with Crippen LogP contribution in [0.1, 0.15) is 20.3 Å². The summed E-state index contributed by atoms with van der Waals surface area (Å²) < 4.78 is 12.6. The van der Waals surface area contributed by atoms with Gasteiger partial charge in [0.15, 0.2) is 0 Å². The maximum Gasteiger partial charge on any atom is 0.102 e. The molecule has 0 rings (SSSR count). The molecule has 10 heavy (non-hydrogen) atoms. The third-order valence-electron chi connectivity index (χ3n) is 1.11. The molecule has 0 aliphatic heterocycles. The van der Waals surface area contributed by atoms with Gasteiger partial charge in [-0.3, -0.25) is 0 Å². The van der Waals surface area contributed by atoms with Crippen LogP contribution in [-0.4, -0.2) is 0 Å². The van der Waals surface area contributed by atoms with Crippen LogP contribution in [0.2, 0.25) is 0 Å². The normalized spacial score (nSPS) is 9.90. The molecule has 56 valence electrons. The van der Waals surface area contributed by atoms with Crippen molar-refractivity contribution in [1.29, 1.82) is 0 Å². The first-order valence-electron chi connectivity index (χ1n) is 3.28. The fourth-order valence-corrected chi connectivity index (χ4v) is 0.472. The van der Waals surface area contributed by atoms with Gasteiger partial charge in [0.1, 0.15) is 5.83 Å². The van der Waals surface area contributed by atoms with E-state index in [9.17, 15) is 4.39 Å². The van der Waals surface area contributed by atoms with Crippen molar-refractivity contribution in [2.24, 2.45) is 0 Å². The first kappa shape index (κ1) is 9.15. The summed E-state index contributed by atoms with van der Waals surface area (Å²) >= 11 is 0. The Labute approximate surface area is 61.8 Å². The molecule has 0 bridgehead atoms. The third-order valence-corrected chi connectivity index (χ3v) is 1.11. The summed E-state index contributed by atoms with van der Waals surface area (Å²) in [4.78, 5) is 0. The Kier molecular flexibility index (Phi) is 4.55. The van der Waals surface area contributed by atoms with Crippen LogP contribution in [0.3, 0.4) is 0 Å². The second-order valence-electron chi connectivity index (χ2n) is 2.27. The monoisotopic (exact) mass is 140 g/mol. The molecule has 0 aliphatic rings. The van der Waals surface area contributed by atoms with Gasteiger partial charge in [0.05, 0.1) is 0 Å². The van der Waals surface area contributed by atoms with Gasteiger partial charge in [-0.05, 0) is 19.4 Å². The number of allylic oxidation sites excluding steroid dienone is 5. The molecule has 0 aliphatic carbocycles. The Morgan fingerprint density at radius 2 is 2.10 bits per heavy atom. The zero-order chi connectivity index (χ0) is 7.98. The zero-order valence-corrected chi connectivity index (χ0v) is 6.52. The van der Waals surface area contributed by atoms with Crippen molar-refractivity contribution in [1.82, 2.24) is 0 Å². The highest BCUT2D eigenvalue weighted by atomic mass is 19.1. The third kappa shape index (κ3) is 4.07. The minimum atomic E-state index is -0.0573. The molecule has 0 saturated heterocycles. The molecule has 1 heteroatoms. The Balaban J connectivity index is 3.81. The van der Waals surface area contributed by atoms with Gasteiger partial charge in [-0.25, -0.2) is 4.39 Å². The maximum atomic E-state index is 12.6. The smallest absolute Gasteiger partial charge is 0.102 e. The van der Waals surface area contributed by atoms with Crippen LogP contribution < -0.4 is 0 Å². The van der Waals surface area contributed by atoms with Crippen molar-refractivity contribution < 1.29 is 4.39 Å². The van der Waals surface area contributed by atoms with E-state index in [4.69, 9.17) is 0 Å². The van der Waals surface area contributed by atoms with E-state index in [1.807, 2.05) is 0 Å². The van der Waals surface area contributed by atoms with Crippen LogP contribution in [0, 0.1) is 0 Å². The molecule has 0 saturated carbocycles. The molecule has 0 fully saturated rings. The summed E-state index contributed by atoms with van der Waals surface area (Å²) in [7, 11) is 0. The molecule has 0 amide bonds. The predicted molar refractivity (Wildman–Crippen MR) is 43.4 cm³/mol. The first-order valence-corrected chi connectivity index (χ1v) is 3.28. The van der Waals surface area contributed by atoms with E-state index in [2.05, 4.69) is 6.58 Å². The second kappa shape index (κ2) is 4.98. The lowest BCUT2D eigenvalue weighted by atomic mass is 10.2. The van der Waals surface area contributed by atoms with Gasteiger partial charge in [0.2, 0.25) is 0 Å². The summed E-state index contributed by atoms with van der Waals surface area (Å²) in [5, 5.41) is 0. The molecule has 0 spiro atoms. The Morgan fingerprint density at radius 1 is 1.50 bits per heavy atom. The van der Waals surface area contributed by atoms with Crippen LogP contribution in [0.5, 0.6) is 0 Å². The van der Waals surface area contributed by atoms with Crippen molar-refractivity contribution in [3.63, 3.8) is 0 Å². The van der Waals surface area contributed by atoms with E-state index in [-0.39, 0.29) is 5.83 Å². The minimum absolute atomic E-state index is 0.0573. The number of rotatable bonds is 3. The van der Waals surface area contributed by atoms with Crippen LogP contribution in [0.4, 0.5) is 4.39 Å². The quantitative estimate of drug-likeness (QED) is 0.527. The summed E-state index contributed by atoms with van der Waals surface area (Å²) in [6, 6.07) is 0. The van der Waals surface area contributed by atoms with E-state index in [0.29, 0.717) is 6.42 Å². The van der Waals surface area contributed by atoms with Gasteiger partial charge in [-0.1, -0.05) is 24.8 Å². The SMILES string of the molecule is C=C/C=C\CC(F)=C(C)C. The van der Waals surface area contributed by atoms with Crippen molar-refractivity contribution in [3.8, 4) is 0 Å². The van der Waals surface area contributed by atoms with Crippen LogP contribution in [0.25, 0.3) is 0 Å². The summed E-state index contributed by atoms with van der Waals surface area (Å²) in [5.74, 6) is -0.0573. The highest BCUT2D eigenvalue weighted by molar-refractivity contribution is 5.08. The van der Waals surface area contributed by atoms with Gasteiger partial charge in [0, 0.05) is 6.42 Å². The zero-order valence-electron chi connectivity index (χ0n) is 6.52. The highest BCUT2D eigenvalue weighted by Crippen LogP contribution is 2.09. The Hall–Kier alpha value is -0.850. The van der Waals surface area contributed by atoms with Gasteiger partial charge in [-0.15, -0.1) is 0 Å². The molecular weight excluding hydrogens is 127 g/mol. The second-order valence-corrected chi connectivity index (χ2v) is 2.27. The molecule has 0 unspecified atom stereocenters. The maximum absolute atomic E-state index is 12.6. The van der Waals surface area contributed by atoms with Gasteiger partial charge in [0.25, 0.3) is 0 Å². The average Bonchev–Trinajstić information content (AvgIpc) is 1.88. The van der Waals surface area contributed by atoms with E-state index in [0.717, 1.165) is 5.57 Å². The number of hydrogen-bond donors (Lipinski definition) is 0. The molecule has 0 nitrogen and oxygen atoms in total. The Morgan fingerprint density at radius 3 is 2.50 bits per heavy atom. The van der Waals surface area contributed by atoms with Gasteiger partial charge >= 0.3 is 0 Å². The van der Waals surface area contributed by atoms with Crippen molar-refractivity contribution in [2.75, 3.05) is 0 Å². The summed E-state index contributed by atoms with van der Waals surface area (Å²) in [6.45, 7) is 7.00.